The minimum atomic E-state index is -3.59. The summed E-state index contributed by atoms with van der Waals surface area (Å²) in [6.07, 6.45) is 1.65. The third-order valence-electron chi connectivity index (χ3n) is 5.53. The fourth-order valence-corrected chi connectivity index (χ4v) is 5.07. The fourth-order valence-electron chi connectivity index (χ4n) is 3.66. The Bertz CT molecular complexity index is 1280. The van der Waals surface area contributed by atoms with Crippen LogP contribution in [0.2, 0.25) is 0 Å². The number of Topliss-reactive ketones (excluding diaryl/α,β-unsaturated/α-hetero) is 1. The Morgan fingerprint density at radius 1 is 0.857 bits per heavy atom. The topological polar surface area (TPSA) is 90.0 Å². The minimum Gasteiger partial charge on any atom is -0.446 e. The number of ether oxygens (including phenoxy) is 2. The van der Waals surface area contributed by atoms with Gasteiger partial charge in [-0.1, -0.05) is 72.8 Å². The molecule has 0 aromatic heterocycles. The van der Waals surface area contributed by atoms with Gasteiger partial charge in [0.25, 0.3) is 0 Å². The maximum absolute atomic E-state index is 13.0. The SMILES string of the molecule is O=C(/C=C/c1ccc(S(=O)(=O)N2CCOCC2)cc1)O[C@H](C(=O)c1ccccc1)c1ccccc1. The van der Waals surface area contributed by atoms with Gasteiger partial charge < -0.3 is 9.47 Å². The first kappa shape index (κ1) is 24.5. The summed E-state index contributed by atoms with van der Waals surface area (Å²) in [6.45, 7) is 1.39. The quantitative estimate of drug-likeness (QED) is 0.270. The van der Waals surface area contributed by atoms with Crippen LogP contribution in [0, 0.1) is 0 Å². The molecule has 1 fully saturated rings. The van der Waals surface area contributed by atoms with Crippen molar-refractivity contribution in [3.05, 3.63) is 108 Å². The van der Waals surface area contributed by atoms with Gasteiger partial charge in [-0.2, -0.15) is 4.31 Å². The van der Waals surface area contributed by atoms with E-state index in [-0.39, 0.29) is 10.7 Å². The van der Waals surface area contributed by atoms with E-state index < -0.39 is 22.1 Å². The highest BCUT2D eigenvalue weighted by Gasteiger charge is 2.27. The number of ketones is 1. The molecule has 7 nitrogen and oxygen atoms in total. The van der Waals surface area contributed by atoms with Crippen LogP contribution in [-0.4, -0.2) is 50.8 Å². The fraction of sp³-hybridized carbons (Fsp3) is 0.185. The van der Waals surface area contributed by atoms with Gasteiger partial charge in [0.05, 0.1) is 18.1 Å². The first-order valence-electron chi connectivity index (χ1n) is 11.2. The number of hydrogen-bond acceptors (Lipinski definition) is 6. The van der Waals surface area contributed by atoms with Gasteiger partial charge in [-0.3, -0.25) is 4.79 Å². The minimum absolute atomic E-state index is 0.178. The van der Waals surface area contributed by atoms with E-state index in [0.717, 1.165) is 0 Å². The van der Waals surface area contributed by atoms with Crippen molar-refractivity contribution in [3.8, 4) is 0 Å². The van der Waals surface area contributed by atoms with Crippen LogP contribution in [0.4, 0.5) is 0 Å². The van der Waals surface area contributed by atoms with Gasteiger partial charge in [0, 0.05) is 30.3 Å². The number of benzene rings is 3. The molecule has 0 amide bonds. The van der Waals surface area contributed by atoms with Crippen LogP contribution < -0.4 is 0 Å². The zero-order chi connectivity index (χ0) is 24.7. The molecule has 0 N–H and O–H groups in total. The van der Waals surface area contributed by atoms with Gasteiger partial charge in [0.15, 0.2) is 6.10 Å². The van der Waals surface area contributed by atoms with Gasteiger partial charge in [0.1, 0.15) is 0 Å². The molecule has 0 spiro atoms. The number of nitrogens with zero attached hydrogens (tertiary/aromatic N) is 1. The second-order valence-electron chi connectivity index (χ2n) is 7.88. The number of carbonyl (C=O) groups excluding carboxylic acids is 2. The van der Waals surface area contributed by atoms with Gasteiger partial charge in [0.2, 0.25) is 15.8 Å². The van der Waals surface area contributed by atoms with Crippen molar-refractivity contribution < 1.29 is 27.5 Å². The maximum atomic E-state index is 13.0. The molecule has 3 aromatic carbocycles. The largest absolute Gasteiger partial charge is 0.446 e. The van der Waals surface area contributed by atoms with Crippen LogP contribution in [0.3, 0.4) is 0 Å². The van der Waals surface area contributed by atoms with Crippen LogP contribution in [0.1, 0.15) is 27.6 Å². The number of morpholine rings is 1. The van der Waals surface area contributed by atoms with Crippen LogP contribution >= 0.6 is 0 Å². The molecule has 8 heteroatoms. The van der Waals surface area contributed by atoms with Crippen LogP contribution in [-0.2, 0) is 24.3 Å². The van der Waals surface area contributed by atoms with Crippen LogP contribution in [0.25, 0.3) is 6.08 Å². The molecule has 0 radical (unpaired) electrons. The Hall–Kier alpha value is -3.59. The number of rotatable bonds is 8. The van der Waals surface area contributed by atoms with Crippen LogP contribution in [0.5, 0.6) is 0 Å². The van der Waals surface area contributed by atoms with Gasteiger partial charge in [-0.25, -0.2) is 13.2 Å². The number of esters is 1. The van der Waals surface area contributed by atoms with Crippen molar-refractivity contribution in [2.24, 2.45) is 0 Å². The molecule has 0 aliphatic carbocycles. The van der Waals surface area contributed by atoms with Crippen molar-refractivity contribution in [2.75, 3.05) is 26.3 Å². The molecule has 1 heterocycles. The third kappa shape index (κ3) is 6.10. The standard InChI is InChI=1S/C27H25NO6S/c29-25(34-27(23-9-5-2-6-10-23)26(30)22-7-3-1-4-8-22)16-13-21-11-14-24(15-12-21)35(31,32)28-17-19-33-20-18-28/h1-16,27H,17-20H2/b16-13+/t27-/m0/s1. The summed E-state index contributed by atoms with van der Waals surface area (Å²) in [4.78, 5) is 25.8. The predicted molar refractivity (Wildman–Crippen MR) is 131 cm³/mol. The summed E-state index contributed by atoms with van der Waals surface area (Å²) in [5.74, 6) is -1.01. The molecule has 1 aliphatic rings. The zero-order valence-corrected chi connectivity index (χ0v) is 19.8. The van der Waals surface area contributed by atoms with E-state index in [4.69, 9.17) is 9.47 Å². The Labute approximate surface area is 204 Å². The van der Waals surface area contributed by atoms with Crippen molar-refractivity contribution in [1.29, 1.82) is 0 Å². The maximum Gasteiger partial charge on any atom is 0.331 e. The summed E-state index contributed by atoms with van der Waals surface area (Å²) in [5, 5.41) is 0. The lowest BCUT2D eigenvalue weighted by molar-refractivity contribution is -0.141. The number of carbonyl (C=O) groups is 2. The number of hydrogen-bond donors (Lipinski definition) is 0. The molecule has 35 heavy (non-hydrogen) atoms. The van der Waals surface area contributed by atoms with E-state index in [0.29, 0.717) is 43.0 Å². The van der Waals surface area contributed by atoms with E-state index >= 15 is 0 Å². The molecule has 1 aliphatic heterocycles. The molecular weight excluding hydrogens is 466 g/mol. The molecule has 0 unspecified atom stereocenters. The summed E-state index contributed by atoms with van der Waals surface area (Å²) in [7, 11) is -3.59. The Morgan fingerprint density at radius 2 is 1.46 bits per heavy atom. The van der Waals surface area contributed by atoms with E-state index in [1.54, 1.807) is 66.7 Å². The normalized spacial score (nSPS) is 15.5. The first-order valence-corrected chi connectivity index (χ1v) is 12.6. The summed E-state index contributed by atoms with van der Waals surface area (Å²) >= 11 is 0. The highest BCUT2D eigenvalue weighted by atomic mass is 32.2. The lowest BCUT2D eigenvalue weighted by Gasteiger charge is -2.26. The van der Waals surface area contributed by atoms with Crippen molar-refractivity contribution >= 4 is 27.9 Å². The molecule has 180 valence electrons. The smallest absolute Gasteiger partial charge is 0.331 e. The molecule has 4 rings (SSSR count). The van der Waals surface area contributed by atoms with Gasteiger partial charge >= 0.3 is 5.97 Å². The van der Waals surface area contributed by atoms with Gasteiger partial charge in [-0.05, 0) is 23.8 Å². The lowest BCUT2D eigenvalue weighted by Crippen LogP contribution is -2.40. The van der Waals surface area contributed by atoms with E-state index in [9.17, 15) is 18.0 Å². The molecule has 0 saturated carbocycles. The highest BCUT2D eigenvalue weighted by molar-refractivity contribution is 7.89. The van der Waals surface area contributed by atoms with Crippen molar-refractivity contribution in [3.63, 3.8) is 0 Å². The summed E-state index contributed by atoms with van der Waals surface area (Å²) < 4.78 is 37.7. The Morgan fingerprint density at radius 3 is 2.09 bits per heavy atom. The first-order chi connectivity index (χ1) is 16.9. The molecule has 1 saturated heterocycles. The van der Waals surface area contributed by atoms with E-state index in [2.05, 4.69) is 0 Å². The Kier molecular flexibility index (Phi) is 7.87. The van der Waals surface area contributed by atoms with Crippen LogP contribution in [0.15, 0.2) is 95.9 Å². The van der Waals surface area contributed by atoms with Crippen molar-refractivity contribution in [1.82, 2.24) is 4.31 Å². The highest BCUT2D eigenvalue weighted by Crippen LogP contribution is 2.23. The monoisotopic (exact) mass is 491 g/mol. The van der Waals surface area contributed by atoms with E-state index in [1.807, 2.05) is 6.07 Å². The second-order valence-corrected chi connectivity index (χ2v) is 9.81. The molecular formula is C27H25NO6S. The van der Waals surface area contributed by atoms with Gasteiger partial charge in [-0.15, -0.1) is 0 Å². The average molecular weight is 492 g/mol. The van der Waals surface area contributed by atoms with E-state index in [1.165, 1.54) is 28.6 Å². The zero-order valence-electron chi connectivity index (χ0n) is 18.9. The lowest BCUT2D eigenvalue weighted by atomic mass is 10.00. The third-order valence-corrected chi connectivity index (χ3v) is 7.45. The summed E-state index contributed by atoms with van der Waals surface area (Å²) in [6, 6.07) is 23.7. The van der Waals surface area contributed by atoms with Crippen molar-refractivity contribution in [2.45, 2.75) is 11.0 Å². The Balaban J connectivity index is 1.46. The molecule has 3 aromatic rings. The summed E-state index contributed by atoms with van der Waals surface area (Å²) in [5.41, 5.74) is 1.63. The molecule has 1 atom stereocenters. The second kappa shape index (κ2) is 11.2. The molecule has 0 bridgehead atoms. The average Bonchev–Trinajstić information content (AvgIpc) is 2.92. The number of sulfonamides is 1. The predicted octanol–water partition coefficient (Wildman–Crippen LogP) is 3.89.